The van der Waals surface area contributed by atoms with Crippen LogP contribution in [0, 0.1) is 0 Å². The molecule has 8 heteroatoms. The highest BCUT2D eigenvalue weighted by Gasteiger charge is 2.12. The predicted octanol–water partition coefficient (Wildman–Crippen LogP) is 1.76. The molecule has 0 fully saturated rings. The molecular weight excluding hydrogens is 342 g/mol. The second kappa shape index (κ2) is 8.79. The molecule has 1 aliphatic heterocycles. The smallest absolute Gasteiger partial charge is 0.231 e. The van der Waals surface area contributed by atoms with E-state index in [0.29, 0.717) is 19.0 Å². The van der Waals surface area contributed by atoms with Crippen LogP contribution in [-0.2, 0) is 13.1 Å². The van der Waals surface area contributed by atoms with E-state index < -0.39 is 0 Å². The number of halogens is 1. The zero-order valence-corrected chi connectivity index (χ0v) is 14.3. The Morgan fingerprint density at radius 3 is 2.52 bits per heavy atom. The van der Waals surface area contributed by atoms with Crippen LogP contribution in [0.25, 0.3) is 0 Å². The molecular formula is C17H20ClN5O2. The zero-order valence-electron chi connectivity index (χ0n) is 13.5. The number of hydrogen-bond acceptors (Lipinski definition) is 3. The Morgan fingerprint density at radius 1 is 1.00 bits per heavy atom. The molecule has 5 N–H and O–H groups in total. The van der Waals surface area contributed by atoms with Gasteiger partial charge in [-0.15, -0.1) is 12.4 Å². The summed E-state index contributed by atoms with van der Waals surface area (Å²) in [5.41, 5.74) is 13.0. The highest BCUT2D eigenvalue weighted by atomic mass is 35.5. The van der Waals surface area contributed by atoms with Crippen LogP contribution in [0.4, 0.5) is 0 Å². The number of rotatable bonds is 4. The highest BCUT2D eigenvalue weighted by molar-refractivity contribution is 5.93. The van der Waals surface area contributed by atoms with Crippen LogP contribution >= 0.6 is 12.4 Å². The molecule has 0 spiro atoms. The van der Waals surface area contributed by atoms with Crippen molar-refractivity contribution in [2.45, 2.75) is 13.1 Å². The number of aliphatic imine (C=N–C) groups is 2. The Hall–Kier alpha value is -2.93. The summed E-state index contributed by atoms with van der Waals surface area (Å²) in [6.45, 7) is 1.25. The van der Waals surface area contributed by atoms with E-state index in [4.69, 9.17) is 20.9 Å². The third kappa shape index (κ3) is 5.29. The predicted molar refractivity (Wildman–Crippen MR) is 100 cm³/mol. The van der Waals surface area contributed by atoms with Gasteiger partial charge in [-0.3, -0.25) is 0 Å². The van der Waals surface area contributed by atoms with Crippen LogP contribution in [0.5, 0.6) is 11.5 Å². The van der Waals surface area contributed by atoms with Gasteiger partial charge in [-0.2, -0.15) is 4.99 Å². The molecule has 0 aliphatic carbocycles. The Bertz CT molecular complexity index is 761. The Morgan fingerprint density at radius 2 is 1.76 bits per heavy atom. The van der Waals surface area contributed by atoms with Crippen molar-refractivity contribution < 1.29 is 9.47 Å². The standard InChI is InChI=1S/C17H19N5O2.ClH/c18-16(19)22-17(20-9-12-4-2-1-3-5-12)21-10-13-6-7-14-15(8-13)24-11-23-14;/h1-8H,9-11H2,(H5,18,19,20,21,22);1H. The van der Waals surface area contributed by atoms with Crippen LogP contribution < -0.4 is 26.3 Å². The van der Waals surface area contributed by atoms with E-state index >= 15 is 0 Å². The number of guanidine groups is 2. The average Bonchev–Trinajstić information content (AvgIpc) is 3.05. The molecule has 132 valence electrons. The van der Waals surface area contributed by atoms with Crippen molar-refractivity contribution in [2.75, 3.05) is 6.79 Å². The summed E-state index contributed by atoms with van der Waals surface area (Å²) in [5, 5.41) is 3.14. The van der Waals surface area contributed by atoms with Gasteiger partial charge in [0.05, 0.1) is 6.54 Å². The first-order valence-corrected chi connectivity index (χ1v) is 7.51. The largest absolute Gasteiger partial charge is 0.454 e. The summed E-state index contributed by atoms with van der Waals surface area (Å²) in [5.74, 6) is 1.81. The van der Waals surface area contributed by atoms with E-state index in [1.807, 2.05) is 48.5 Å². The maximum Gasteiger partial charge on any atom is 0.231 e. The van der Waals surface area contributed by atoms with E-state index in [0.717, 1.165) is 22.6 Å². The van der Waals surface area contributed by atoms with Gasteiger partial charge in [-0.25, -0.2) is 4.99 Å². The SMILES string of the molecule is Cl.NC(N)=NC(=NCc1ccc2c(c1)OCO2)NCc1ccccc1. The minimum Gasteiger partial charge on any atom is -0.454 e. The molecule has 2 aromatic rings. The van der Waals surface area contributed by atoms with Gasteiger partial charge < -0.3 is 26.3 Å². The van der Waals surface area contributed by atoms with E-state index in [1.54, 1.807) is 0 Å². The van der Waals surface area contributed by atoms with Gasteiger partial charge in [-0.1, -0.05) is 36.4 Å². The van der Waals surface area contributed by atoms with Gasteiger partial charge in [-0.05, 0) is 23.3 Å². The molecule has 1 heterocycles. The normalized spacial score (nSPS) is 12.2. The monoisotopic (exact) mass is 361 g/mol. The van der Waals surface area contributed by atoms with Crippen molar-refractivity contribution >= 4 is 24.3 Å². The molecule has 7 nitrogen and oxygen atoms in total. The summed E-state index contributed by atoms with van der Waals surface area (Å²) >= 11 is 0. The lowest BCUT2D eigenvalue weighted by molar-refractivity contribution is 0.174. The lowest BCUT2D eigenvalue weighted by Crippen LogP contribution is -2.29. The number of ether oxygens (including phenoxy) is 2. The fourth-order valence-electron chi connectivity index (χ4n) is 2.24. The van der Waals surface area contributed by atoms with Gasteiger partial charge in [0.2, 0.25) is 12.8 Å². The van der Waals surface area contributed by atoms with Gasteiger partial charge in [0, 0.05) is 6.54 Å². The molecule has 2 aromatic carbocycles. The molecule has 25 heavy (non-hydrogen) atoms. The minimum absolute atomic E-state index is 0. The van der Waals surface area contributed by atoms with E-state index in [1.165, 1.54) is 0 Å². The van der Waals surface area contributed by atoms with Gasteiger partial charge >= 0.3 is 0 Å². The first kappa shape index (κ1) is 18.4. The van der Waals surface area contributed by atoms with Crippen molar-refractivity contribution in [3.05, 3.63) is 59.7 Å². The first-order chi connectivity index (χ1) is 11.7. The lowest BCUT2D eigenvalue weighted by Gasteiger charge is -2.07. The fourth-order valence-corrected chi connectivity index (χ4v) is 2.24. The fraction of sp³-hybridized carbons (Fsp3) is 0.176. The van der Waals surface area contributed by atoms with Crippen molar-refractivity contribution in [1.82, 2.24) is 5.32 Å². The van der Waals surface area contributed by atoms with Crippen molar-refractivity contribution in [3.63, 3.8) is 0 Å². The topological polar surface area (TPSA) is 107 Å². The van der Waals surface area contributed by atoms with Gasteiger partial charge in [0.15, 0.2) is 17.5 Å². The summed E-state index contributed by atoms with van der Waals surface area (Å²) in [4.78, 5) is 8.47. The van der Waals surface area contributed by atoms with Crippen LogP contribution in [0.3, 0.4) is 0 Å². The Labute approximate surface area is 152 Å². The summed E-state index contributed by atoms with van der Waals surface area (Å²) < 4.78 is 10.7. The van der Waals surface area contributed by atoms with E-state index in [2.05, 4.69) is 15.3 Å². The number of benzene rings is 2. The number of nitrogens with zero attached hydrogens (tertiary/aromatic N) is 2. The number of nitrogens with one attached hydrogen (secondary N) is 1. The second-order valence-electron chi connectivity index (χ2n) is 5.20. The number of fused-ring (bicyclic) bond motifs is 1. The molecule has 0 atom stereocenters. The number of hydrogen-bond donors (Lipinski definition) is 3. The molecule has 1 aliphatic rings. The molecule has 0 unspecified atom stereocenters. The van der Waals surface area contributed by atoms with Crippen LogP contribution in [0.1, 0.15) is 11.1 Å². The third-order valence-corrected chi connectivity index (χ3v) is 3.38. The van der Waals surface area contributed by atoms with Crippen LogP contribution in [0.15, 0.2) is 58.5 Å². The van der Waals surface area contributed by atoms with Crippen LogP contribution in [-0.4, -0.2) is 18.7 Å². The van der Waals surface area contributed by atoms with Gasteiger partial charge in [0.1, 0.15) is 0 Å². The van der Waals surface area contributed by atoms with Crippen molar-refractivity contribution in [2.24, 2.45) is 21.5 Å². The Kier molecular flexibility index (Phi) is 6.47. The van der Waals surface area contributed by atoms with Gasteiger partial charge in [0.25, 0.3) is 0 Å². The summed E-state index contributed by atoms with van der Waals surface area (Å²) in [6, 6.07) is 15.6. The minimum atomic E-state index is -0.0417. The number of nitrogens with two attached hydrogens (primary N) is 2. The summed E-state index contributed by atoms with van der Waals surface area (Å²) in [6.07, 6.45) is 0. The molecule has 0 aromatic heterocycles. The Balaban J connectivity index is 0.00000225. The average molecular weight is 362 g/mol. The first-order valence-electron chi connectivity index (χ1n) is 7.51. The van der Waals surface area contributed by atoms with Crippen molar-refractivity contribution in [3.8, 4) is 11.5 Å². The lowest BCUT2D eigenvalue weighted by atomic mass is 10.2. The van der Waals surface area contributed by atoms with Crippen LogP contribution in [0.2, 0.25) is 0 Å². The molecule has 0 saturated carbocycles. The quantitative estimate of drug-likeness (QED) is 0.568. The molecule has 0 amide bonds. The molecule has 0 bridgehead atoms. The van der Waals surface area contributed by atoms with Crippen molar-refractivity contribution in [1.29, 1.82) is 0 Å². The zero-order chi connectivity index (χ0) is 16.8. The second-order valence-corrected chi connectivity index (χ2v) is 5.20. The molecule has 3 rings (SSSR count). The molecule has 0 saturated heterocycles. The third-order valence-electron chi connectivity index (χ3n) is 3.38. The molecule has 0 radical (unpaired) electrons. The maximum atomic E-state index is 5.48. The summed E-state index contributed by atoms with van der Waals surface area (Å²) in [7, 11) is 0. The van der Waals surface area contributed by atoms with E-state index in [-0.39, 0.29) is 25.2 Å². The highest BCUT2D eigenvalue weighted by Crippen LogP contribution is 2.32. The van der Waals surface area contributed by atoms with E-state index in [9.17, 15) is 0 Å². The maximum absolute atomic E-state index is 5.48.